The molecule has 0 N–H and O–H groups in total. The molecule has 0 saturated carbocycles. The molecule has 0 radical (unpaired) electrons. The third-order valence-corrected chi connectivity index (χ3v) is 7.89. The number of carbonyl (C=O) groups excluding carboxylic acids is 1. The van der Waals surface area contributed by atoms with Gasteiger partial charge in [-0.3, -0.25) is 4.79 Å². The van der Waals surface area contributed by atoms with Gasteiger partial charge in [-0.25, -0.2) is 12.7 Å². The van der Waals surface area contributed by atoms with E-state index in [9.17, 15) is 13.2 Å². The molecule has 0 aliphatic carbocycles. The monoisotopic (exact) mass is 434 g/mol. The van der Waals surface area contributed by atoms with E-state index >= 15 is 0 Å². The highest BCUT2D eigenvalue weighted by atomic mass is 32.2. The number of hydrogen-bond acceptors (Lipinski definition) is 5. The summed E-state index contributed by atoms with van der Waals surface area (Å²) >= 11 is 1.77. The van der Waals surface area contributed by atoms with E-state index in [2.05, 4.69) is 0 Å². The van der Waals surface area contributed by atoms with Crippen LogP contribution in [0, 0.1) is 0 Å². The molecule has 0 spiro atoms. The molecule has 1 heterocycles. The molecular formula is C21H26N2O4S2. The van der Waals surface area contributed by atoms with Crippen LogP contribution in [0.2, 0.25) is 0 Å². The van der Waals surface area contributed by atoms with E-state index in [0.29, 0.717) is 25.1 Å². The Morgan fingerprint density at radius 1 is 1.17 bits per heavy atom. The predicted molar refractivity (Wildman–Crippen MR) is 116 cm³/mol. The van der Waals surface area contributed by atoms with Crippen molar-refractivity contribution in [1.29, 1.82) is 0 Å². The van der Waals surface area contributed by atoms with Gasteiger partial charge >= 0.3 is 0 Å². The standard InChI is InChI=1S/C21H26N2O4S2/c1-22(29(25,26)18-12-10-17(27-2)11-13-18)14-5-9-21(24)23-15-6-16-28-20-8-4-3-7-19(20)23/h3-4,7-8,10-13H,5-6,9,14-16H2,1-2H3. The van der Waals surface area contributed by atoms with E-state index in [1.165, 1.54) is 23.5 Å². The molecule has 0 bridgehead atoms. The van der Waals surface area contributed by atoms with Crippen molar-refractivity contribution in [2.24, 2.45) is 0 Å². The Morgan fingerprint density at radius 3 is 2.62 bits per heavy atom. The van der Waals surface area contributed by atoms with Crippen LogP contribution < -0.4 is 9.64 Å². The number of ether oxygens (including phenoxy) is 1. The van der Waals surface area contributed by atoms with Crippen molar-refractivity contribution in [3.05, 3.63) is 48.5 Å². The Labute approximate surface area is 176 Å². The minimum Gasteiger partial charge on any atom is -0.497 e. The predicted octanol–water partition coefficient (Wildman–Crippen LogP) is 3.62. The summed E-state index contributed by atoms with van der Waals surface area (Å²) < 4.78 is 31.8. The first-order chi connectivity index (χ1) is 13.9. The van der Waals surface area contributed by atoms with Crippen LogP contribution in [0.3, 0.4) is 0 Å². The number of amides is 1. The molecule has 2 aromatic rings. The maximum Gasteiger partial charge on any atom is 0.242 e. The van der Waals surface area contributed by atoms with E-state index in [0.717, 1.165) is 22.8 Å². The number of carbonyl (C=O) groups is 1. The Balaban J connectivity index is 1.59. The zero-order valence-electron chi connectivity index (χ0n) is 16.7. The Kier molecular flexibility index (Phi) is 7.21. The second-order valence-corrected chi connectivity index (χ2v) is 10.0. The molecule has 1 aliphatic heterocycles. The minimum atomic E-state index is -3.59. The molecule has 0 saturated heterocycles. The van der Waals surface area contributed by atoms with Crippen molar-refractivity contribution in [3.63, 3.8) is 0 Å². The lowest BCUT2D eigenvalue weighted by Crippen LogP contribution is -2.33. The number of fused-ring (bicyclic) bond motifs is 1. The van der Waals surface area contributed by atoms with Crippen LogP contribution in [0.4, 0.5) is 5.69 Å². The molecule has 0 aromatic heterocycles. The quantitative estimate of drug-likeness (QED) is 0.666. The van der Waals surface area contributed by atoms with E-state index in [4.69, 9.17) is 4.74 Å². The molecule has 0 unspecified atom stereocenters. The summed E-state index contributed by atoms with van der Waals surface area (Å²) in [7, 11) is -0.512. The van der Waals surface area contributed by atoms with Gasteiger partial charge < -0.3 is 9.64 Å². The van der Waals surface area contributed by atoms with Crippen LogP contribution in [-0.2, 0) is 14.8 Å². The molecule has 1 aliphatic rings. The second-order valence-electron chi connectivity index (χ2n) is 6.82. The fraction of sp³-hybridized carbons (Fsp3) is 0.381. The second kappa shape index (κ2) is 9.65. The van der Waals surface area contributed by atoms with Crippen LogP contribution in [0.5, 0.6) is 5.75 Å². The first-order valence-corrected chi connectivity index (χ1v) is 12.0. The van der Waals surface area contributed by atoms with E-state index in [-0.39, 0.29) is 17.3 Å². The lowest BCUT2D eigenvalue weighted by Gasteiger charge is -2.23. The topological polar surface area (TPSA) is 66.9 Å². The summed E-state index contributed by atoms with van der Waals surface area (Å²) in [6.07, 6.45) is 1.72. The molecule has 1 amide bonds. The highest BCUT2D eigenvalue weighted by Crippen LogP contribution is 2.34. The number of methoxy groups -OCH3 is 1. The number of para-hydroxylation sites is 1. The van der Waals surface area contributed by atoms with Gasteiger partial charge in [0.05, 0.1) is 17.7 Å². The van der Waals surface area contributed by atoms with Crippen LogP contribution in [0.15, 0.2) is 58.3 Å². The summed E-state index contributed by atoms with van der Waals surface area (Å²) in [6, 6.07) is 14.3. The first-order valence-electron chi connectivity index (χ1n) is 9.56. The summed E-state index contributed by atoms with van der Waals surface area (Å²) in [4.78, 5) is 16.0. The molecule has 8 heteroatoms. The summed E-state index contributed by atoms with van der Waals surface area (Å²) in [5, 5.41) is 0. The van der Waals surface area contributed by atoms with Crippen LogP contribution in [-0.4, -0.2) is 51.6 Å². The van der Waals surface area contributed by atoms with Gasteiger partial charge in [0.15, 0.2) is 0 Å². The SMILES string of the molecule is COc1ccc(S(=O)(=O)N(C)CCCC(=O)N2CCCSc3ccccc32)cc1. The van der Waals surface area contributed by atoms with Gasteiger partial charge in [-0.05, 0) is 55.0 Å². The van der Waals surface area contributed by atoms with Gasteiger partial charge in [-0.2, -0.15) is 0 Å². The number of benzene rings is 2. The molecule has 6 nitrogen and oxygen atoms in total. The van der Waals surface area contributed by atoms with Gasteiger partial charge in [-0.1, -0.05) is 12.1 Å². The maximum absolute atomic E-state index is 12.8. The highest BCUT2D eigenvalue weighted by Gasteiger charge is 2.23. The van der Waals surface area contributed by atoms with Crippen LogP contribution >= 0.6 is 11.8 Å². The largest absolute Gasteiger partial charge is 0.497 e. The number of nitrogens with zero attached hydrogens (tertiary/aromatic N) is 2. The Morgan fingerprint density at radius 2 is 1.90 bits per heavy atom. The van der Waals surface area contributed by atoms with E-state index in [1.807, 2.05) is 29.2 Å². The minimum absolute atomic E-state index is 0.0372. The normalized spacial score (nSPS) is 14.4. The first kappa shape index (κ1) is 21.7. The summed E-state index contributed by atoms with van der Waals surface area (Å²) in [6.45, 7) is 0.979. The van der Waals surface area contributed by atoms with Crippen LogP contribution in [0.1, 0.15) is 19.3 Å². The molecular weight excluding hydrogens is 408 g/mol. The molecule has 2 aromatic carbocycles. The number of sulfonamides is 1. The molecule has 156 valence electrons. The zero-order chi connectivity index (χ0) is 20.9. The smallest absolute Gasteiger partial charge is 0.242 e. The number of hydrogen-bond donors (Lipinski definition) is 0. The lowest BCUT2D eigenvalue weighted by molar-refractivity contribution is -0.118. The van der Waals surface area contributed by atoms with Gasteiger partial charge in [0.1, 0.15) is 5.75 Å². The number of rotatable bonds is 7. The van der Waals surface area contributed by atoms with Crippen molar-refractivity contribution >= 4 is 33.4 Å². The highest BCUT2D eigenvalue weighted by molar-refractivity contribution is 7.99. The van der Waals surface area contributed by atoms with Gasteiger partial charge in [0.25, 0.3) is 0 Å². The van der Waals surface area contributed by atoms with Gasteiger partial charge in [-0.15, -0.1) is 11.8 Å². The Bertz CT molecular complexity index is 945. The molecule has 29 heavy (non-hydrogen) atoms. The van der Waals surface area contributed by atoms with Crippen LogP contribution in [0.25, 0.3) is 0 Å². The van der Waals surface area contributed by atoms with Gasteiger partial charge in [0, 0.05) is 31.5 Å². The third kappa shape index (κ3) is 5.12. The number of anilines is 1. The lowest BCUT2D eigenvalue weighted by atomic mass is 10.2. The van der Waals surface area contributed by atoms with E-state index in [1.54, 1.807) is 30.9 Å². The average molecular weight is 435 g/mol. The molecule has 0 fully saturated rings. The van der Waals surface area contributed by atoms with E-state index < -0.39 is 10.0 Å². The fourth-order valence-electron chi connectivity index (χ4n) is 3.22. The Hall–Kier alpha value is -2.03. The zero-order valence-corrected chi connectivity index (χ0v) is 18.3. The van der Waals surface area contributed by atoms with Crippen molar-refractivity contribution in [1.82, 2.24) is 4.31 Å². The summed E-state index contributed by atoms with van der Waals surface area (Å²) in [5.74, 6) is 1.63. The van der Waals surface area contributed by atoms with Crippen molar-refractivity contribution in [3.8, 4) is 5.75 Å². The molecule has 3 rings (SSSR count). The summed E-state index contributed by atoms with van der Waals surface area (Å²) in [5.41, 5.74) is 0.958. The maximum atomic E-state index is 12.8. The fourth-order valence-corrected chi connectivity index (χ4v) is 5.43. The number of thioether (sulfide) groups is 1. The average Bonchev–Trinajstić information content (AvgIpc) is 2.96. The molecule has 0 atom stereocenters. The van der Waals surface area contributed by atoms with Crippen molar-refractivity contribution in [2.45, 2.75) is 29.1 Å². The van der Waals surface area contributed by atoms with Gasteiger partial charge in [0.2, 0.25) is 15.9 Å². The van der Waals surface area contributed by atoms with Crippen molar-refractivity contribution in [2.75, 3.05) is 37.9 Å². The van der Waals surface area contributed by atoms with Crippen molar-refractivity contribution < 1.29 is 17.9 Å². The third-order valence-electron chi connectivity index (χ3n) is 4.87.